The zero-order chi connectivity index (χ0) is 21.1. The minimum atomic E-state index is -0.324. The molecule has 0 spiro atoms. The molecule has 158 valence electrons. The fourth-order valence-corrected chi connectivity index (χ4v) is 4.08. The summed E-state index contributed by atoms with van der Waals surface area (Å²) in [5, 5.41) is 17.6. The van der Waals surface area contributed by atoms with Gasteiger partial charge in [-0.05, 0) is 55.5 Å². The molecule has 2 aromatic carbocycles. The second-order valence-corrected chi connectivity index (χ2v) is 7.99. The molecule has 1 aromatic heterocycles. The third kappa shape index (κ3) is 4.06. The third-order valence-corrected chi connectivity index (χ3v) is 5.93. The summed E-state index contributed by atoms with van der Waals surface area (Å²) in [6, 6.07) is 14.3. The number of ether oxygens (including phenoxy) is 2. The van der Waals surface area contributed by atoms with Crippen LogP contribution in [0.2, 0.25) is 0 Å². The van der Waals surface area contributed by atoms with Crippen LogP contribution in [0, 0.1) is 13.8 Å². The molecule has 0 saturated heterocycles. The Morgan fingerprint density at radius 1 is 1.10 bits per heavy atom. The van der Waals surface area contributed by atoms with Gasteiger partial charge in [-0.15, -0.1) is 0 Å². The number of fused-ring (bicyclic) bond motifs is 1. The van der Waals surface area contributed by atoms with E-state index in [-0.39, 0.29) is 12.1 Å². The second kappa shape index (κ2) is 8.50. The van der Waals surface area contributed by atoms with Crippen LogP contribution < -0.4 is 14.8 Å². The van der Waals surface area contributed by atoms with Crippen molar-refractivity contribution in [2.45, 2.75) is 45.4 Å². The van der Waals surface area contributed by atoms with Gasteiger partial charge >= 0.3 is 0 Å². The fourth-order valence-electron chi connectivity index (χ4n) is 4.08. The molecule has 0 aliphatic heterocycles. The van der Waals surface area contributed by atoms with Gasteiger partial charge in [-0.2, -0.15) is 0 Å². The van der Waals surface area contributed by atoms with E-state index >= 15 is 0 Å². The highest BCUT2D eigenvalue weighted by Gasteiger charge is 2.36. The number of methoxy groups -OCH3 is 1. The monoisotopic (exact) mass is 408 g/mol. The molecule has 30 heavy (non-hydrogen) atoms. The smallest absolute Gasteiger partial charge is 0.161 e. The van der Waals surface area contributed by atoms with Crippen molar-refractivity contribution in [2.24, 2.45) is 0 Å². The van der Waals surface area contributed by atoms with Crippen molar-refractivity contribution in [3.8, 4) is 11.5 Å². The number of benzene rings is 2. The molecule has 6 nitrogen and oxygen atoms in total. The van der Waals surface area contributed by atoms with E-state index in [1.165, 1.54) is 11.1 Å². The first-order valence-electron chi connectivity index (χ1n) is 10.2. The molecule has 4 rings (SSSR count). The topological polar surface area (TPSA) is 76.8 Å². The number of nitrogens with zero attached hydrogens (tertiary/aromatic N) is 1. The number of nitrogens with one attached hydrogen (secondary N) is 1. The van der Waals surface area contributed by atoms with Crippen LogP contribution in [0.4, 0.5) is 0 Å². The quantitative estimate of drug-likeness (QED) is 0.594. The molecule has 1 aliphatic carbocycles. The molecule has 0 atom stereocenters. The van der Waals surface area contributed by atoms with E-state index in [9.17, 15) is 5.11 Å². The summed E-state index contributed by atoms with van der Waals surface area (Å²) in [6.07, 6.45) is 1.66. The van der Waals surface area contributed by atoms with E-state index in [0.29, 0.717) is 24.7 Å². The maximum atomic E-state index is 10.1. The van der Waals surface area contributed by atoms with Crippen LogP contribution in [0.1, 0.15) is 33.7 Å². The first-order chi connectivity index (χ1) is 14.5. The lowest BCUT2D eigenvalue weighted by Crippen LogP contribution is -2.49. The molecule has 0 fully saturated rings. The molecule has 0 radical (unpaired) electrons. The first kappa shape index (κ1) is 20.4. The van der Waals surface area contributed by atoms with E-state index in [4.69, 9.17) is 14.0 Å². The van der Waals surface area contributed by atoms with Gasteiger partial charge in [0.25, 0.3) is 0 Å². The Balaban J connectivity index is 1.43. The maximum absolute atomic E-state index is 10.1. The van der Waals surface area contributed by atoms with Gasteiger partial charge in [0.1, 0.15) is 12.4 Å². The van der Waals surface area contributed by atoms with Crippen molar-refractivity contribution in [1.29, 1.82) is 0 Å². The maximum Gasteiger partial charge on any atom is 0.161 e. The molecular formula is C24H28N2O4. The van der Waals surface area contributed by atoms with E-state index in [1.54, 1.807) is 7.11 Å². The Labute approximate surface area is 176 Å². The van der Waals surface area contributed by atoms with Crippen LogP contribution >= 0.6 is 0 Å². The largest absolute Gasteiger partial charge is 0.493 e. The molecule has 0 amide bonds. The number of rotatable bonds is 8. The Morgan fingerprint density at radius 2 is 1.83 bits per heavy atom. The highest BCUT2D eigenvalue weighted by Crippen LogP contribution is 2.32. The average Bonchev–Trinajstić information content (AvgIpc) is 3.31. The summed E-state index contributed by atoms with van der Waals surface area (Å²) in [5.41, 5.74) is 5.14. The van der Waals surface area contributed by atoms with Crippen LogP contribution in [-0.2, 0) is 26.0 Å². The summed E-state index contributed by atoms with van der Waals surface area (Å²) in [6.45, 7) is 4.88. The fraction of sp³-hybridized carbons (Fsp3) is 0.375. The Morgan fingerprint density at radius 3 is 2.43 bits per heavy atom. The molecule has 0 unspecified atom stereocenters. The second-order valence-electron chi connectivity index (χ2n) is 7.99. The minimum Gasteiger partial charge on any atom is -0.493 e. The molecule has 6 heteroatoms. The highest BCUT2D eigenvalue weighted by atomic mass is 16.5. The van der Waals surface area contributed by atoms with Crippen LogP contribution in [0.25, 0.3) is 0 Å². The molecular weight excluding hydrogens is 380 g/mol. The summed E-state index contributed by atoms with van der Waals surface area (Å²) in [5.74, 6) is 2.11. The number of hydrogen-bond acceptors (Lipinski definition) is 6. The van der Waals surface area contributed by atoms with Crippen molar-refractivity contribution in [1.82, 2.24) is 10.5 Å². The molecule has 1 heterocycles. The lowest BCUT2D eigenvalue weighted by molar-refractivity contribution is 0.166. The Kier molecular flexibility index (Phi) is 5.79. The normalized spacial score (nSPS) is 14.5. The van der Waals surface area contributed by atoms with Gasteiger partial charge in [-0.3, -0.25) is 0 Å². The van der Waals surface area contributed by atoms with Gasteiger partial charge in [0.05, 0.1) is 25.0 Å². The van der Waals surface area contributed by atoms with Gasteiger partial charge in [-0.1, -0.05) is 35.5 Å². The van der Waals surface area contributed by atoms with Gasteiger partial charge in [0, 0.05) is 12.1 Å². The lowest BCUT2D eigenvalue weighted by Gasteiger charge is -2.28. The minimum absolute atomic E-state index is 0.0947. The van der Waals surface area contributed by atoms with Crippen molar-refractivity contribution in [2.75, 3.05) is 13.7 Å². The van der Waals surface area contributed by atoms with E-state index < -0.39 is 0 Å². The van der Waals surface area contributed by atoms with Gasteiger partial charge in [0.2, 0.25) is 0 Å². The Hall–Kier alpha value is -2.83. The first-order valence-corrected chi connectivity index (χ1v) is 10.2. The number of aliphatic hydroxyl groups excluding tert-OH is 1. The number of hydrogen-bond donors (Lipinski definition) is 2. The standard InChI is InChI=1S/C24H28N2O4/c1-16-21(17(2)30-26-16)14-29-22-9-8-18(10-23(22)28-3)13-25-24(15-27)11-19-6-4-5-7-20(19)12-24/h4-10,25,27H,11-15H2,1-3H3. The number of aryl methyl sites for hydroxylation is 2. The van der Waals surface area contributed by atoms with Crippen LogP contribution in [0.3, 0.4) is 0 Å². The molecule has 2 N–H and O–H groups in total. The Bertz CT molecular complexity index is 983. The highest BCUT2D eigenvalue weighted by molar-refractivity contribution is 5.43. The SMILES string of the molecule is COc1cc(CNC2(CO)Cc3ccccc3C2)ccc1OCc1c(C)noc1C. The van der Waals surface area contributed by atoms with Crippen LogP contribution in [-0.4, -0.2) is 29.5 Å². The van der Waals surface area contributed by atoms with Crippen LogP contribution in [0.5, 0.6) is 11.5 Å². The van der Waals surface area contributed by atoms with Crippen molar-refractivity contribution in [3.63, 3.8) is 0 Å². The van der Waals surface area contributed by atoms with Crippen molar-refractivity contribution < 1.29 is 19.1 Å². The van der Waals surface area contributed by atoms with Crippen molar-refractivity contribution in [3.05, 3.63) is 76.2 Å². The van der Waals surface area contributed by atoms with E-state index in [0.717, 1.165) is 35.4 Å². The van der Waals surface area contributed by atoms with Gasteiger partial charge in [0.15, 0.2) is 11.5 Å². The van der Waals surface area contributed by atoms with Crippen molar-refractivity contribution >= 4 is 0 Å². The number of aliphatic hydroxyl groups is 1. The zero-order valence-electron chi connectivity index (χ0n) is 17.7. The lowest BCUT2D eigenvalue weighted by atomic mass is 9.96. The molecule has 0 bridgehead atoms. The summed E-state index contributed by atoms with van der Waals surface area (Å²) >= 11 is 0. The number of aromatic nitrogens is 1. The molecule has 3 aromatic rings. The summed E-state index contributed by atoms with van der Waals surface area (Å²) < 4.78 is 16.7. The van der Waals surface area contributed by atoms with Gasteiger partial charge < -0.3 is 24.4 Å². The average molecular weight is 408 g/mol. The van der Waals surface area contributed by atoms with E-state index in [1.807, 2.05) is 32.0 Å². The van der Waals surface area contributed by atoms with E-state index in [2.05, 4.69) is 34.7 Å². The third-order valence-electron chi connectivity index (χ3n) is 5.93. The predicted molar refractivity (Wildman–Crippen MR) is 114 cm³/mol. The zero-order valence-corrected chi connectivity index (χ0v) is 17.7. The summed E-state index contributed by atoms with van der Waals surface area (Å²) in [4.78, 5) is 0. The molecule has 1 aliphatic rings. The van der Waals surface area contributed by atoms with Crippen LogP contribution in [0.15, 0.2) is 47.0 Å². The van der Waals surface area contributed by atoms with Gasteiger partial charge in [-0.25, -0.2) is 0 Å². The predicted octanol–water partition coefficient (Wildman–Crippen LogP) is 3.50. The molecule has 0 saturated carbocycles. The summed E-state index contributed by atoms with van der Waals surface area (Å²) in [7, 11) is 1.64.